The van der Waals surface area contributed by atoms with E-state index in [1.165, 1.54) is 51.4 Å². The van der Waals surface area contributed by atoms with Crippen molar-refractivity contribution in [2.24, 2.45) is 23.5 Å². The molecule has 3 rings (SSSR count). The van der Waals surface area contributed by atoms with Gasteiger partial charge in [0.15, 0.2) is 0 Å². The van der Waals surface area contributed by atoms with Gasteiger partial charge in [-0.25, -0.2) is 0 Å². The van der Waals surface area contributed by atoms with Gasteiger partial charge in [0.1, 0.15) is 0 Å². The lowest BCUT2D eigenvalue weighted by Gasteiger charge is -2.41. The summed E-state index contributed by atoms with van der Waals surface area (Å²) in [5, 5.41) is 0. The molecule has 0 spiro atoms. The minimum absolute atomic E-state index is 0.314. The lowest BCUT2D eigenvalue weighted by molar-refractivity contribution is 0.116. The smallest absolute Gasteiger partial charge is 0.0184 e. The van der Waals surface area contributed by atoms with Crippen molar-refractivity contribution in [1.82, 2.24) is 0 Å². The summed E-state index contributed by atoms with van der Waals surface area (Å²) in [5.74, 6) is 3.01. The van der Waals surface area contributed by atoms with Gasteiger partial charge in [0.05, 0.1) is 0 Å². The SMILES string of the molecule is NC1(C2C[C@H]3CCC[C@@H](C2)C3)CC1. The van der Waals surface area contributed by atoms with E-state index in [4.69, 9.17) is 5.73 Å². The van der Waals surface area contributed by atoms with Gasteiger partial charge in [-0.05, 0) is 49.9 Å². The van der Waals surface area contributed by atoms with Gasteiger partial charge in [-0.15, -0.1) is 0 Å². The van der Waals surface area contributed by atoms with Gasteiger partial charge in [-0.3, -0.25) is 0 Å². The average Bonchev–Trinajstić information content (AvgIpc) is 2.84. The van der Waals surface area contributed by atoms with Gasteiger partial charge in [-0.2, -0.15) is 0 Å². The average molecular weight is 179 g/mol. The Balaban J connectivity index is 1.71. The van der Waals surface area contributed by atoms with Crippen molar-refractivity contribution in [3.8, 4) is 0 Å². The molecule has 3 saturated carbocycles. The molecule has 3 atom stereocenters. The molecule has 3 aliphatic rings. The second-order valence-corrected chi connectivity index (χ2v) is 5.80. The molecule has 0 saturated heterocycles. The monoisotopic (exact) mass is 179 g/mol. The van der Waals surface area contributed by atoms with Crippen molar-refractivity contribution >= 4 is 0 Å². The van der Waals surface area contributed by atoms with E-state index in [1.54, 1.807) is 0 Å². The van der Waals surface area contributed by atoms with E-state index in [9.17, 15) is 0 Å². The molecule has 2 N–H and O–H groups in total. The lowest BCUT2D eigenvalue weighted by atomic mass is 9.66. The zero-order valence-corrected chi connectivity index (χ0v) is 8.47. The summed E-state index contributed by atoms with van der Waals surface area (Å²) in [6.07, 6.45) is 11.6. The molecule has 1 heteroatoms. The van der Waals surface area contributed by atoms with Crippen molar-refractivity contribution < 1.29 is 0 Å². The van der Waals surface area contributed by atoms with E-state index in [0.29, 0.717) is 5.54 Å². The topological polar surface area (TPSA) is 26.0 Å². The highest BCUT2D eigenvalue weighted by atomic mass is 14.8. The fraction of sp³-hybridized carbons (Fsp3) is 1.00. The van der Waals surface area contributed by atoms with Crippen LogP contribution >= 0.6 is 0 Å². The molecular formula is C12H21N. The largest absolute Gasteiger partial charge is 0.325 e. The molecule has 0 amide bonds. The highest BCUT2D eigenvalue weighted by Gasteiger charge is 2.48. The van der Waals surface area contributed by atoms with Crippen molar-refractivity contribution in [2.75, 3.05) is 0 Å². The molecule has 13 heavy (non-hydrogen) atoms. The molecule has 3 aliphatic carbocycles. The Kier molecular flexibility index (Phi) is 1.74. The van der Waals surface area contributed by atoms with Gasteiger partial charge in [-0.1, -0.05) is 19.3 Å². The number of hydrogen-bond acceptors (Lipinski definition) is 1. The summed E-state index contributed by atoms with van der Waals surface area (Å²) in [4.78, 5) is 0. The zero-order chi connectivity index (χ0) is 8.89. The molecule has 0 radical (unpaired) electrons. The first-order valence-corrected chi connectivity index (χ1v) is 6.05. The first-order valence-electron chi connectivity index (χ1n) is 6.05. The third kappa shape index (κ3) is 1.41. The highest BCUT2D eigenvalue weighted by Crippen LogP contribution is 2.52. The molecule has 74 valence electrons. The number of hydrogen-bond donors (Lipinski definition) is 1. The Hall–Kier alpha value is -0.0400. The molecule has 0 aromatic heterocycles. The Morgan fingerprint density at radius 2 is 1.54 bits per heavy atom. The number of fused-ring (bicyclic) bond motifs is 2. The van der Waals surface area contributed by atoms with Crippen LogP contribution in [0.3, 0.4) is 0 Å². The normalized spacial score (nSPS) is 47.3. The van der Waals surface area contributed by atoms with Gasteiger partial charge in [0, 0.05) is 5.54 Å². The van der Waals surface area contributed by atoms with Gasteiger partial charge < -0.3 is 5.73 Å². The standard InChI is InChI=1S/C12H21N/c13-12(4-5-12)11-7-9-2-1-3-10(6-9)8-11/h9-11H,1-8,13H2/t9-,10+,11?. The second-order valence-electron chi connectivity index (χ2n) is 5.80. The maximum atomic E-state index is 6.32. The van der Waals surface area contributed by atoms with Crippen LogP contribution in [0.2, 0.25) is 0 Å². The van der Waals surface area contributed by atoms with Crippen molar-refractivity contribution in [3.05, 3.63) is 0 Å². The Morgan fingerprint density at radius 1 is 0.923 bits per heavy atom. The van der Waals surface area contributed by atoms with E-state index >= 15 is 0 Å². The summed E-state index contributed by atoms with van der Waals surface area (Å²) < 4.78 is 0. The number of rotatable bonds is 1. The molecular weight excluding hydrogens is 158 g/mol. The fourth-order valence-electron chi connectivity index (χ4n) is 3.75. The predicted octanol–water partition coefficient (Wildman–Crippen LogP) is 2.69. The second kappa shape index (κ2) is 2.73. The van der Waals surface area contributed by atoms with E-state index in [2.05, 4.69) is 0 Å². The number of nitrogens with two attached hydrogens (primary N) is 1. The predicted molar refractivity (Wildman–Crippen MR) is 54.3 cm³/mol. The maximum absolute atomic E-state index is 6.32. The van der Waals surface area contributed by atoms with Crippen molar-refractivity contribution in [1.29, 1.82) is 0 Å². The first kappa shape index (κ1) is 8.28. The van der Waals surface area contributed by atoms with Crippen LogP contribution in [0.15, 0.2) is 0 Å². The van der Waals surface area contributed by atoms with Crippen LogP contribution in [-0.4, -0.2) is 5.54 Å². The molecule has 0 aliphatic heterocycles. The van der Waals surface area contributed by atoms with Crippen LogP contribution in [-0.2, 0) is 0 Å². The summed E-state index contributed by atoms with van der Waals surface area (Å²) in [6.45, 7) is 0. The molecule has 2 bridgehead atoms. The van der Waals surface area contributed by atoms with E-state index in [0.717, 1.165) is 17.8 Å². The zero-order valence-electron chi connectivity index (χ0n) is 8.47. The summed E-state index contributed by atoms with van der Waals surface area (Å²) >= 11 is 0. The third-order valence-corrected chi connectivity index (χ3v) is 4.77. The lowest BCUT2D eigenvalue weighted by Crippen LogP contribution is -2.39. The Bertz CT molecular complexity index is 195. The quantitative estimate of drug-likeness (QED) is 0.658. The van der Waals surface area contributed by atoms with Crippen LogP contribution in [0.5, 0.6) is 0 Å². The molecule has 0 aromatic carbocycles. The van der Waals surface area contributed by atoms with Crippen molar-refractivity contribution in [2.45, 2.75) is 56.9 Å². The van der Waals surface area contributed by atoms with Crippen LogP contribution in [0.1, 0.15) is 51.4 Å². The van der Waals surface area contributed by atoms with Crippen molar-refractivity contribution in [3.63, 3.8) is 0 Å². The van der Waals surface area contributed by atoms with E-state index < -0.39 is 0 Å². The molecule has 3 fully saturated rings. The molecule has 0 heterocycles. The molecule has 0 aromatic rings. The van der Waals surface area contributed by atoms with Crippen LogP contribution < -0.4 is 5.73 Å². The fourth-order valence-corrected chi connectivity index (χ4v) is 3.75. The first-order chi connectivity index (χ1) is 6.26. The van der Waals surface area contributed by atoms with E-state index in [1.807, 2.05) is 0 Å². The van der Waals surface area contributed by atoms with Gasteiger partial charge >= 0.3 is 0 Å². The van der Waals surface area contributed by atoms with Crippen LogP contribution in [0, 0.1) is 17.8 Å². The Morgan fingerprint density at radius 3 is 2.08 bits per heavy atom. The minimum atomic E-state index is 0.314. The summed E-state index contributed by atoms with van der Waals surface area (Å²) in [6, 6.07) is 0. The van der Waals surface area contributed by atoms with Crippen LogP contribution in [0.4, 0.5) is 0 Å². The molecule has 1 nitrogen and oxygen atoms in total. The third-order valence-electron chi connectivity index (χ3n) is 4.77. The maximum Gasteiger partial charge on any atom is 0.0184 e. The molecule has 1 unspecified atom stereocenters. The van der Waals surface area contributed by atoms with Crippen LogP contribution in [0.25, 0.3) is 0 Å². The van der Waals surface area contributed by atoms with E-state index in [-0.39, 0.29) is 0 Å². The van der Waals surface area contributed by atoms with Gasteiger partial charge in [0.25, 0.3) is 0 Å². The van der Waals surface area contributed by atoms with Gasteiger partial charge in [0.2, 0.25) is 0 Å². The minimum Gasteiger partial charge on any atom is -0.325 e. The highest BCUT2D eigenvalue weighted by molar-refractivity contribution is 5.06. The Labute approximate surface area is 81.1 Å². The summed E-state index contributed by atoms with van der Waals surface area (Å²) in [7, 11) is 0. The summed E-state index contributed by atoms with van der Waals surface area (Å²) in [5.41, 5.74) is 6.64.